The Morgan fingerprint density at radius 1 is 1.30 bits per heavy atom. The molecule has 0 saturated carbocycles. The summed E-state index contributed by atoms with van der Waals surface area (Å²) in [5.74, 6) is 0. The van der Waals surface area contributed by atoms with Crippen molar-refractivity contribution in [2.75, 3.05) is 6.54 Å². The van der Waals surface area contributed by atoms with Gasteiger partial charge in [-0.2, -0.15) is 0 Å². The number of hydrogen-bond acceptors (Lipinski definition) is 4. The van der Waals surface area contributed by atoms with E-state index in [9.17, 15) is 0 Å². The molecule has 0 aliphatic carbocycles. The lowest BCUT2D eigenvalue weighted by atomic mass is 10.0. The molecule has 0 radical (unpaired) electrons. The molecule has 5 nitrogen and oxygen atoms in total. The summed E-state index contributed by atoms with van der Waals surface area (Å²) >= 11 is 0. The zero-order valence-electron chi connectivity index (χ0n) is 12.3. The monoisotopic (exact) mass is 273 g/mol. The van der Waals surface area contributed by atoms with E-state index >= 15 is 0 Å². The minimum atomic E-state index is 0.425. The molecule has 0 spiro atoms. The van der Waals surface area contributed by atoms with Gasteiger partial charge in [-0.15, -0.1) is 5.10 Å². The smallest absolute Gasteiger partial charge is 0.0842 e. The van der Waals surface area contributed by atoms with Gasteiger partial charge in [0.05, 0.1) is 5.69 Å². The minimum Gasteiger partial charge on any atom is -0.314 e. The van der Waals surface area contributed by atoms with Gasteiger partial charge in [0.2, 0.25) is 0 Å². The molecule has 5 heteroatoms. The van der Waals surface area contributed by atoms with Gasteiger partial charge in [0, 0.05) is 37.6 Å². The molecule has 0 aliphatic rings. The molecule has 0 bridgehead atoms. The van der Waals surface area contributed by atoms with Gasteiger partial charge in [-0.25, -0.2) is 0 Å². The zero-order valence-corrected chi connectivity index (χ0v) is 12.3. The van der Waals surface area contributed by atoms with Gasteiger partial charge in [0.1, 0.15) is 0 Å². The highest BCUT2D eigenvalue weighted by Gasteiger charge is 2.11. The summed E-state index contributed by atoms with van der Waals surface area (Å²) in [6, 6.07) is 6.50. The maximum absolute atomic E-state index is 4.38. The molecule has 1 N–H and O–H groups in total. The van der Waals surface area contributed by atoms with E-state index in [0.29, 0.717) is 6.04 Å². The van der Waals surface area contributed by atoms with Crippen molar-refractivity contribution in [3.8, 4) is 0 Å². The fraction of sp³-hybridized carbons (Fsp3) is 0.533. The highest BCUT2D eigenvalue weighted by atomic mass is 15.4. The largest absolute Gasteiger partial charge is 0.314 e. The van der Waals surface area contributed by atoms with Crippen LogP contribution >= 0.6 is 0 Å². The Hall–Kier alpha value is -1.75. The van der Waals surface area contributed by atoms with Crippen molar-refractivity contribution < 1.29 is 0 Å². The second-order valence-corrected chi connectivity index (χ2v) is 5.10. The minimum absolute atomic E-state index is 0.425. The Morgan fingerprint density at radius 2 is 2.20 bits per heavy atom. The lowest BCUT2D eigenvalue weighted by molar-refractivity contribution is 0.471. The number of nitrogens with one attached hydrogen (secondary N) is 1. The van der Waals surface area contributed by atoms with Gasteiger partial charge >= 0.3 is 0 Å². The summed E-state index contributed by atoms with van der Waals surface area (Å²) in [7, 11) is 1.90. The van der Waals surface area contributed by atoms with E-state index < -0.39 is 0 Å². The summed E-state index contributed by atoms with van der Waals surface area (Å²) in [4.78, 5) is 4.38. The van der Waals surface area contributed by atoms with Crippen LogP contribution < -0.4 is 5.32 Å². The highest BCUT2D eigenvalue weighted by molar-refractivity contribution is 5.04. The molecule has 1 atom stereocenters. The third kappa shape index (κ3) is 4.74. The molecule has 0 aromatic carbocycles. The summed E-state index contributed by atoms with van der Waals surface area (Å²) in [5.41, 5.74) is 2.19. The first-order chi connectivity index (χ1) is 9.78. The van der Waals surface area contributed by atoms with Crippen molar-refractivity contribution >= 4 is 0 Å². The second kappa shape index (κ2) is 7.75. The maximum atomic E-state index is 4.38. The number of aromatic nitrogens is 4. The van der Waals surface area contributed by atoms with E-state index in [0.717, 1.165) is 43.6 Å². The third-order valence-electron chi connectivity index (χ3n) is 3.26. The van der Waals surface area contributed by atoms with Crippen molar-refractivity contribution in [2.24, 2.45) is 7.05 Å². The molecular formula is C15H23N5. The van der Waals surface area contributed by atoms with Crippen LogP contribution in [0.25, 0.3) is 0 Å². The number of nitrogens with zero attached hydrogens (tertiary/aromatic N) is 4. The zero-order chi connectivity index (χ0) is 14.2. The molecule has 20 heavy (non-hydrogen) atoms. The first kappa shape index (κ1) is 14.7. The normalized spacial score (nSPS) is 12.5. The molecule has 2 heterocycles. The fourth-order valence-corrected chi connectivity index (χ4v) is 2.23. The van der Waals surface area contributed by atoms with E-state index in [2.05, 4.69) is 33.6 Å². The van der Waals surface area contributed by atoms with E-state index in [-0.39, 0.29) is 0 Å². The molecule has 0 fully saturated rings. The average Bonchev–Trinajstić information content (AvgIpc) is 2.88. The van der Waals surface area contributed by atoms with Crippen molar-refractivity contribution in [3.63, 3.8) is 0 Å². The van der Waals surface area contributed by atoms with Crippen LogP contribution in [0.2, 0.25) is 0 Å². The van der Waals surface area contributed by atoms with Gasteiger partial charge in [0.15, 0.2) is 0 Å². The topological polar surface area (TPSA) is 55.6 Å². The lowest BCUT2D eigenvalue weighted by Crippen LogP contribution is -2.32. The van der Waals surface area contributed by atoms with Crippen LogP contribution in [0.1, 0.15) is 31.2 Å². The molecular weight excluding hydrogens is 250 g/mol. The van der Waals surface area contributed by atoms with Gasteiger partial charge in [0.25, 0.3) is 0 Å². The predicted octanol–water partition coefficient (Wildman–Crippen LogP) is 1.75. The Morgan fingerprint density at radius 3 is 2.85 bits per heavy atom. The van der Waals surface area contributed by atoms with Crippen molar-refractivity contribution in [2.45, 2.75) is 38.6 Å². The molecule has 0 saturated heterocycles. The van der Waals surface area contributed by atoms with Crippen molar-refractivity contribution in [1.82, 2.24) is 25.3 Å². The molecule has 2 rings (SSSR count). The second-order valence-electron chi connectivity index (χ2n) is 5.10. The van der Waals surface area contributed by atoms with Crippen LogP contribution in [0, 0.1) is 0 Å². The number of hydrogen-bond donors (Lipinski definition) is 1. The van der Waals surface area contributed by atoms with E-state index in [1.807, 2.05) is 31.6 Å². The van der Waals surface area contributed by atoms with Gasteiger partial charge in [-0.1, -0.05) is 18.2 Å². The summed E-state index contributed by atoms with van der Waals surface area (Å²) in [6.07, 6.45) is 7.95. The maximum Gasteiger partial charge on any atom is 0.0842 e. The Labute approximate surface area is 120 Å². The van der Waals surface area contributed by atoms with Gasteiger partial charge in [-0.3, -0.25) is 9.67 Å². The third-order valence-corrected chi connectivity index (χ3v) is 3.26. The number of rotatable bonds is 8. The van der Waals surface area contributed by atoms with Crippen LogP contribution in [-0.2, 0) is 19.9 Å². The summed E-state index contributed by atoms with van der Waals surface area (Å²) in [6.45, 7) is 3.22. The van der Waals surface area contributed by atoms with Crippen LogP contribution in [0.3, 0.4) is 0 Å². The summed E-state index contributed by atoms with van der Waals surface area (Å²) < 4.78 is 1.75. The molecule has 1 unspecified atom stereocenters. The Balaban J connectivity index is 1.89. The number of aryl methyl sites for hydroxylation is 2. The molecule has 2 aromatic rings. The predicted molar refractivity (Wildman–Crippen MR) is 79.3 cm³/mol. The van der Waals surface area contributed by atoms with E-state index in [1.165, 1.54) is 0 Å². The van der Waals surface area contributed by atoms with Crippen molar-refractivity contribution in [3.05, 3.63) is 42.0 Å². The fourth-order valence-electron chi connectivity index (χ4n) is 2.23. The quantitative estimate of drug-likeness (QED) is 0.796. The van der Waals surface area contributed by atoms with E-state index in [1.54, 1.807) is 4.68 Å². The average molecular weight is 273 g/mol. The van der Waals surface area contributed by atoms with Crippen molar-refractivity contribution in [1.29, 1.82) is 0 Å². The Kier molecular flexibility index (Phi) is 5.68. The molecule has 0 amide bonds. The van der Waals surface area contributed by atoms with Crippen LogP contribution in [0.15, 0.2) is 30.6 Å². The van der Waals surface area contributed by atoms with Crippen LogP contribution in [-0.4, -0.2) is 32.6 Å². The van der Waals surface area contributed by atoms with Gasteiger partial charge < -0.3 is 5.32 Å². The standard InChI is InChI=1S/C15H23N5/c1-3-9-16-14(11-15-12-20(2)19-18-15)8-7-13-6-4-5-10-17-13/h4-6,10,12,14,16H,3,7-9,11H2,1-2H3. The Bertz CT molecular complexity index is 494. The lowest BCUT2D eigenvalue weighted by Gasteiger charge is -2.17. The number of pyridine rings is 1. The molecule has 0 aliphatic heterocycles. The SMILES string of the molecule is CCCNC(CCc1ccccn1)Cc1cn(C)nn1. The molecule has 2 aromatic heterocycles. The first-order valence-corrected chi connectivity index (χ1v) is 7.26. The van der Waals surface area contributed by atoms with Crippen LogP contribution in [0.4, 0.5) is 0 Å². The first-order valence-electron chi connectivity index (χ1n) is 7.26. The molecule has 108 valence electrons. The van der Waals surface area contributed by atoms with Crippen LogP contribution in [0.5, 0.6) is 0 Å². The van der Waals surface area contributed by atoms with E-state index in [4.69, 9.17) is 0 Å². The summed E-state index contributed by atoms with van der Waals surface area (Å²) in [5, 5.41) is 11.8. The highest BCUT2D eigenvalue weighted by Crippen LogP contribution is 2.07. The van der Waals surface area contributed by atoms with Gasteiger partial charge in [-0.05, 0) is 37.9 Å².